The van der Waals surface area contributed by atoms with Crippen LogP contribution < -0.4 is 9.47 Å². The van der Waals surface area contributed by atoms with E-state index < -0.39 is 0 Å². The average Bonchev–Trinajstić information content (AvgIpc) is 2.05. The third-order valence-electron chi connectivity index (χ3n) is 1.08. The van der Waals surface area contributed by atoms with Crippen molar-refractivity contribution in [1.29, 1.82) is 0 Å². The molecule has 3 heteroatoms. The Morgan fingerprint density at radius 1 is 1.40 bits per heavy atom. The fraction of sp³-hybridized carbons (Fsp3) is 0.286. The van der Waals surface area contributed by atoms with Gasteiger partial charge in [0.15, 0.2) is 0 Å². The van der Waals surface area contributed by atoms with Crippen LogP contribution in [0.5, 0.6) is 11.6 Å². The molecule has 0 spiro atoms. The number of pyridine rings is 1. The van der Waals surface area contributed by atoms with Gasteiger partial charge in [0, 0.05) is 12.1 Å². The van der Waals surface area contributed by atoms with Gasteiger partial charge in [0.2, 0.25) is 5.88 Å². The Labute approximate surface area is 59.6 Å². The predicted octanol–water partition coefficient (Wildman–Crippen LogP) is 0.899. The van der Waals surface area contributed by atoms with Gasteiger partial charge in [0.1, 0.15) is 5.75 Å². The second-order valence-corrected chi connectivity index (χ2v) is 1.66. The second-order valence-electron chi connectivity index (χ2n) is 1.66. The molecule has 0 aliphatic rings. The van der Waals surface area contributed by atoms with Gasteiger partial charge in [0.05, 0.1) is 20.4 Å². The van der Waals surface area contributed by atoms with Crippen molar-refractivity contribution in [1.82, 2.24) is 4.98 Å². The fourth-order valence-electron chi connectivity index (χ4n) is 0.553. The van der Waals surface area contributed by atoms with E-state index in [-0.39, 0.29) is 0 Å². The van der Waals surface area contributed by atoms with Crippen molar-refractivity contribution < 1.29 is 9.47 Å². The maximum atomic E-state index is 4.84. The van der Waals surface area contributed by atoms with Gasteiger partial charge in [-0.3, -0.25) is 0 Å². The summed E-state index contributed by atoms with van der Waals surface area (Å²) in [5, 5.41) is 0. The number of ether oxygens (including phenoxy) is 2. The van der Waals surface area contributed by atoms with Crippen LogP contribution in [0.3, 0.4) is 0 Å². The summed E-state index contributed by atoms with van der Waals surface area (Å²) in [6, 6.07) is 4.45. The molecule has 1 radical (unpaired) electrons. The molecule has 53 valence electrons. The minimum absolute atomic E-state index is 0.542. The highest BCUT2D eigenvalue weighted by Gasteiger charge is 1.92. The van der Waals surface area contributed by atoms with Gasteiger partial charge in [-0.1, -0.05) is 0 Å². The third kappa shape index (κ3) is 1.37. The summed E-state index contributed by atoms with van der Waals surface area (Å²) in [5.41, 5.74) is 0. The van der Waals surface area contributed by atoms with Gasteiger partial charge in [0.25, 0.3) is 0 Å². The van der Waals surface area contributed by atoms with Gasteiger partial charge < -0.3 is 9.47 Å². The second kappa shape index (κ2) is 3.06. The SMILES string of the molecule is COc1[c]cc(OC)nc1. The Balaban J connectivity index is 2.80. The quantitative estimate of drug-likeness (QED) is 0.608. The van der Waals surface area contributed by atoms with Crippen molar-refractivity contribution in [2.24, 2.45) is 0 Å². The maximum absolute atomic E-state index is 4.84. The number of hydrogen-bond donors (Lipinski definition) is 0. The van der Waals surface area contributed by atoms with E-state index >= 15 is 0 Å². The Morgan fingerprint density at radius 3 is 2.60 bits per heavy atom. The Morgan fingerprint density at radius 2 is 2.20 bits per heavy atom. The fourth-order valence-corrected chi connectivity index (χ4v) is 0.553. The van der Waals surface area contributed by atoms with E-state index in [1.807, 2.05) is 0 Å². The van der Waals surface area contributed by atoms with E-state index in [1.165, 1.54) is 0 Å². The number of rotatable bonds is 2. The molecule has 1 aromatic rings. The van der Waals surface area contributed by atoms with Crippen molar-refractivity contribution >= 4 is 0 Å². The lowest BCUT2D eigenvalue weighted by Crippen LogP contribution is -1.88. The molecule has 3 nitrogen and oxygen atoms in total. The lowest BCUT2D eigenvalue weighted by atomic mass is 10.4. The van der Waals surface area contributed by atoms with Crippen LogP contribution in [-0.2, 0) is 0 Å². The van der Waals surface area contributed by atoms with Crippen LogP contribution in [0.25, 0.3) is 0 Å². The molecule has 0 saturated heterocycles. The zero-order valence-corrected chi connectivity index (χ0v) is 5.92. The molecule has 0 N–H and O–H groups in total. The van der Waals surface area contributed by atoms with Crippen molar-refractivity contribution in [2.75, 3.05) is 14.2 Å². The van der Waals surface area contributed by atoms with Crippen molar-refractivity contribution in [3.05, 3.63) is 18.3 Å². The van der Waals surface area contributed by atoms with Gasteiger partial charge >= 0.3 is 0 Å². The summed E-state index contributed by atoms with van der Waals surface area (Å²) >= 11 is 0. The van der Waals surface area contributed by atoms with Crippen LogP contribution in [-0.4, -0.2) is 19.2 Å². The molecule has 0 saturated carbocycles. The lowest BCUT2D eigenvalue weighted by Gasteiger charge is -1.98. The first kappa shape index (κ1) is 6.86. The topological polar surface area (TPSA) is 31.4 Å². The van der Waals surface area contributed by atoms with E-state index in [4.69, 9.17) is 9.47 Å². The van der Waals surface area contributed by atoms with Gasteiger partial charge in [-0.05, 0) is 0 Å². The number of hydrogen-bond acceptors (Lipinski definition) is 3. The lowest BCUT2D eigenvalue weighted by molar-refractivity contribution is 0.387. The molecular formula is C7H8NO2. The van der Waals surface area contributed by atoms with Crippen LogP contribution in [0, 0.1) is 6.07 Å². The van der Waals surface area contributed by atoms with Crippen molar-refractivity contribution in [2.45, 2.75) is 0 Å². The van der Waals surface area contributed by atoms with Gasteiger partial charge in [-0.2, -0.15) is 0 Å². The first-order valence-electron chi connectivity index (χ1n) is 2.82. The molecule has 1 aromatic heterocycles. The van der Waals surface area contributed by atoms with Crippen LogP contribution in [0.4, 0.5) is 0 Å². The smallest absolute Gasteiger partial charge is 0.213 e. The summed E-state index contributed by atoms with van der Waals surface area (Å²) in [4.78, 5) is 3.89. The van der Waals surface area contributed by atoms with E-state index in [1.54, 1.807) is 26.5 Å². The number of methoxy groups -OCH3 is 2. The molecule has 0 aliphatic carbocycles. The van der Waals surface area contributed by atoms with Gasteiger partial charge in [-0.15, -0.1) is 0 Å². The summed E-state index contributed by atoms with van der Waals surface area (Å²) < 4.78 is 9.66. The normalized spacial score (nSPS) is 9.00. The highest BCUT2D eigenvalue weighted by molar-refractivity contribution is 5.20. The maximum Gasteiger partial charge on any atom is 0.213 e. The summed E-state index contributed by atoms with van der Waals surface area (Å²) in [6.07, 6.45) is 1.55. The Kier molecular flexibility index (Phi) is 2.10. The average molecular weight is 138 g/mol. The highest BCUT2D eigenvalue weighted by atomic mass is 16.5. The Hall–Kier alpha value is -1.25. The molecule has 1 heterocycles. The van der Waals surface area contributed by atoms with Crippen LogP contribution in [0.1, 0.15) is 0 Å². The van der Waals surface area contributed by atoms with Crippen molar-refractivity contribution in [3.63, 3.8) is 0 Å². The highest BCUT2D eigenvalue weighted by Crippen LogP contribution is 2.10. The minimum Gasteiger partial charge on any atom is -0.494 e. The molecule has 1 rings (SSSR count). The largest absolute Gasteiger partial charge is 0.494 e. The number of aromatic nitrogens is 1. The molecular weight excluding hydrogens is 130 g/mol. The number of nitrogens with zero attached hydrogens (tertiary/aromatic N) is 1. The summed E-state index contributed by atoms with van der Waals surface area (Å²) in [5.74, 6) is 1.15. The molecule has 0 bridgehead atoms. The molecule has 0 amide bonds. The van der Waals surface area contributed by atoms with Crippen LogP contribution >= 0.6 is 0 Å². The van der Waals surface area contributed by atoms with Crippen LogP contribution in [0.15, 0.2) is 12.3 Å². The van der Waals surface area contributed by atoms with E-state index in [0.29, 0.717) is 11.6 Å². The zero-order valence-electron chi connectivity index (χ0n) is 5.92. The van der Waals surface area contributed by atoms with E-state index in [0.717, 1.165) is 0 Å². The zero-order chi connectivity index (χ0) is 7.40. The Bertz CT molecular complexity index is 172. The van der Waals surface area contributed by atoms with Crippen LogP contribution in [0.2, 0.25) is 0 Å². The summed E-state index contributed by atoms with van der Waals surface area (Å²) in [7, 11) is 3.13. The minimum atomic E-state index is 0.542. The molecule has 0 aromatic carbocycles. The third-order valence-corrected chi connectivity index (χ3v) is 1.08. The van der Waals surface area contributed by atoms with E-state index in [9.17, 15) is 0 Å². The molecule has 0 unspecified atom stereocenters. The predicted molar refractivity (Wildman–Crippen MR) is 36.2 cm³/mol. The molecule has 0 fully saturated rings. The van der Waals surface area contributed by atoms with Crippen molar-refractivity contribution in [3.8, 4) is 11.6 Å². The standard InChI is InChI=1S/C7H8NO2/c1-9-6-3-4-7(10-2)8-5-6/h4-5H,1-2H3. The first-order valence-corrected chi connectivity index (χ1v) is 2.82. The first-order chi connectivity index (χ1) is 4.86. The van der Waals surface area contributed by atoms with E-state index in [2.05, 4.69) is 11.1 Å². The monoisotopic (exact) mass is 138 g/mol. The molecule has 0 aliphatic heterocycles. The molecule has 0 atom stereocenters. The summed E-state index contributed by atoms with van der Waals surface area (Å²) in [6.45, 7) is 0. The van der Waals surface area contributed by atoms with Gasteiger partial charge in [-0.25, -0.2) is 4.98 Å². The molecule has 10 heavy (non-hydrogen) atoms.